The van der Waals surface area contributed by atoms with E-state index in [1.165, 1.54) is 12.1 Å². The van der Waals surface area contributed by atoms with Crippen LogP contribution in [0, 0.1) is 5.82 Å². The highest BCUT2D eigenvalue weighted by Gasteiger charge is 2.08. The van der Waals surface area contributed by atoms with Crippen LogP contribution in [0.3, 0.4) is 0 Å². The second kappa shape index (κ2) is 6.36. The highest BCUT2D eigenvalue weighted by atomic mass is 19.1. The van der Waals surface area contributed by atoms with Crippen molar-refractivity contribution < 1.29 is 9.60 Å². The zero-order valence-corrected chi connectivity index (χ0v) is 12.0. The van der Waals surface area contributed by atoms with E-state index in [0.29, 0.717) is 18.7 Å². The summed E-state index contributed by atoms with van der Waals surface area (Å²) in [4.78, 5) is 2.03. The Balaban J connectivity index is 2.09. The maximum atomic E-state index is 13.6. The third-order valence-electron chi connectivity index (χ3n) is 3.02. The first kappa shape index (κ1) is 15.0. The summed E-state index contributed by atoms with van der Waals surface area (Å²) in [5.41, 5.74) is 7.69. The first-order valence-electron chi connectivity index (χ1n) is 6.41. The SMILES string of the molecule is CN(Cc1cc(F)cc(/C(N)=N/O)c1)Cc1cnn(C)c1. The van der Waals surface area contributed by atoms with Gasteiger partial charge in [0.05, 0.1) is 6.20 Å². The summed E-state index contributed by atoms with van der Waals surface area (Å²) < 4.78 is 15.3. The van der Waals surface area contributed by atoms with Crippen molar-refractivity contribution in [2.75, 3.05) is 7.05 Å². The molecule has 0 amide bonds. The highest BCUT2D eigenvalue weighted by Crippen LogP contribution is 2.12. The number of aryl methyl sites for hydroxylation is 1. The molecule has 1 aromatic heterocycles. The third kappa shape index (κ3) is 4.03. The van der Waals surface area contributed by atoms with Gasteiger partial charge in [0, 0.05) is 37.5 Å². The number of rotatable bonds is 5. The number of aromatic nitrogens is 2. The van der Waals surface area contributed by atoms with Gasteiger partial charge in [0.2, 0.25) is 0 Å². The summed E-state index contributed by atoms with van der Waals surface area (Å²) >= 11 is 0. The largest absolute Gasteiger partial charge is 0.409 e. The van der Waals surface area contributed by atoms with Gasteiger partial charge < -0.3 is 10.9 Å². The van der Waals surface area contributed by atoms with Crippen LogP contribution in [0.4, 0.5) is 4.39 Å². The lowest BCUT2D eigenvalue weighted by Gasteiger charge is -2.16. The molecule has 6 nitrogen and oxygen atoms in total. The van der Waals surface area contributed by atoms with E-state index < -0.39 is 5.82 Å². The molecule has 7 heteroatoms. The third-order valence-corrected chi connectivity index (χ3v) is 3.02. The summed E-state index contributed by atoms with van der Waals surface area (Å²) in [6, 6.07) is 4.38. The number of nitrogens with two attached hydrogens (primary N) is 1. The fourth-order valence-corrected chi connectivity index (χ4v) is 2.18. The number of nitrogens with zero attached hydrogens (tertiary/aromatic N) is 4. The maximum absolute atomic E-state index is 13.6. The molecule has 0 aliphatic carbocycles. The minimum Gasteiger partial charge on any atom is -0.409 e. The van der Waals surface area contributed by atoms with Crippen molar-refractivity contribution in [2.45, 2.75) is 13.1 Å². The van der Waals surface area contributed by atoms with Crippen LogP contribution in [0.5, 0.6) is 0 Å². The van der Waals surface area contributed by atoms with Crippen LogP contribution in [0.2, 0.25) is 0 Å². The first-order chi connectivity index (χ1) is 9.97. The van der Waals surface area contributed by atoms with Crippen LogP contribution in [0.1, 0.15) is 16.7 Å². The Morgan fingerprint density at radius 1 is 1.38 bits per heavy atom. The van der Waals surface area contributed by atoms with Gasteiger partial charge in [-0.25, -0.2) is 4.39 Å². The van der Waals surface area contributed by atoms with Gasteiger partial charge in [0.25, 0.3) is 0 Å². The molecular weight excluding hydrogens is 273 g/mol. The summed E-state index contributed by atoms with van der Waals surface area (Å²) in [5, 5.41) is 15.7. The van der Waals surface area contributed by atoms with Gasteiger partial charge in [-0.1, -0.05) is 5.16 Å². The lowest BCUT2D eigenvalue weighted by atomic mass is 10.1. The molecule has 0 atom stereocenters. The van der Waals surface area contributed by atoms with Crippen molar-refractivity contribution in [1.82, 2.24) is 14.7 Å². The van der Waals surface area contributed by atoms with Crippen LogP contribution in [0.15, 0.2) is 35.7 Å². The number of oxime groups is 1. The van der Waals surface area contributed by atoms with Crippen LogP contribution < -0.4 is 5.73 Å². The second-order valence-corrected chi connectivity index (χ2v) is 5.03. The van der Waals surface area contributed by atoms with E-state index in [1.807, 2.05) is 25.2 Å². The Kier molecular flexibility index (Phi) is 4.54. The highest BCUT2D eigenvalue weighted by molar-refractivity contribution is 5.97. The molecule has 0 aliphatic rings. The van der Waals surface area contributed by atoms with Gasteiger partial charge in [-0.2, -0.15) is 5.10 Å². The molecule has 0 aliphatic heterocycles. The molecule has 2 aromatic rings. The van der Waals surface area contributed by atoms with Crippen molar-refractivity contribution in [3.05, 3.63) is 53.1 Å². The Morgan fingerprint density at radius 3 is 2.71 bits per heavy atom. The molecule has 112 valence electrons. The monoisotopic (exact) mass is 291 g/mol. The lowest BCUT2D eigenvalue weighted by molar-refractivity contribution is 0.317. The molecule has 0 bridgehead atoms. The van der Waals surface area contributed by atoms with E-state index in [2.05, 4.69) is 10.3 Å². The van der Waals surface area contributed by atoms with Gasteiger partial charge in [-0.05, 0) is 30.8 Å². The Bertz CT molecular complexity index is 653. The fraction of sp³-hybridized carbons (Fsp3) is 0.286. The van der Waals surface area contributed by atoms with Crippen LogP contribution in [0.25, 0.3) is 0 Å². The normalized spacial score (nSPS) is 12.1. The fourth-order valence-electron chi connectivity index (χ4n) is 2.18. The van der Waals surface area contributed by atoms with Crippen molar-refractivity contribution in [2.24, 2.45) is 17.9 Å². The van der Waals surface area contributed by atoms with E-state index in [9.17, 15) is 4.39 Å². The second-order valence-electron chi connectivity index (χ2n) is 5.03. The molecule has 0 saturated carbocycles. The number of benzene rings is 1. The molecular formula is C14H18FN5O. The van der Waals surface area contributed by atoms with Crippen LogP contribution in [-0.4, -0.2) is 32.8 Å². The lowest BCUT2D eigenvalue weighted by Crippen LogP contribution is -2.18. The van der Waals surface area contributed by atoms with Gasteiger partial charge in [0.1, 0.15) is 5.82 Å². The standard InChI is InChI=1S/C14H18FN5O/c1-19(8-11-6-17-20(2)9-11)7-10-3-12(14(16)18-21)5-13(15)4-10/h3-6,9,21H,7-8H2,1-2H3,(H2,16,18). The maximum Gasteiger partial charge on any atom is 0.170 e. The van der Waals surface area contributed by atoms with Gasteiger partial charge in [0.15, 0.2) is 5.84 Å². The predicted molar refractivity (Wildman–Crippen MR) is 77.3 cm³/mol. The molecule has 0 saturated heterocycles. The molecule has 2 rings (SSSR count). The molecule has 0 spiro atoms. The summed E-state index contributed by atoms with van der Waals surface area (Å²) in [7, 11) is 3.79. The van der Waals surface area contributed by atoms with E-state index in [0.717, 1.165) is 11.1 Å². The summed E-state index contributed by atoms with van der Waals surface area (Å²) in [6.07, 6.45) is 3.73. The summed E-state index contributed by atoms with van der Waals surface area (Å²) in [6.45, 7) is 1.24. The number of amidine groups is 1. The van der Waals surface area contributed by atoms with Crippen molar-refractivity contribution in [3.8, 4) is 0 Å². The minimum atomic E-state index is -0.413. The topological polar surface area (TPSA) is 79.7 Å². The zero-order chi connectivity index (χ0) is 15.4. The average molecular weight is 291 g/mol. The Hall–Kier alpha value is -2.41. The number of hydrogen-bond acceptors (Lipinski definition) is 4. The average Bonchev–Trinajstić information content (AvgIpc) is 2.82. The van der Waals surface area contributed by atoms with E-state index in [-0.39, 0.29) is 5.84 Å². The van der Waals surface area contributed by atoms with E-state index >= 15 is 0 Å². The smallest absolute Gasteiger partial charge is 0.170 e. The Morgan fingerprint density at radius 2 is 2.10 bits per heavy atom. The quantitative estimate of drug-likeness (QED) is 0.376. The molecule has 0 unspecified atom stereocenters. The van der Waals surface area contributed by atoms with Crippen molar-refractivity contribution in [3.63, 3.8) is 0 Å². The van der Waals surface area contributed by atoms with E-state index in [1.54, 1.807) is 16.9 Å². The molecule has 3 N–H and O–H groups in total. The van der Waals surface area contributed by atoms with Crippen molar-refractivity contribution in [1.29, 1.82) is 0 Å². The molecule has 0 radical (unpaired) electrons. The van der Waals surface area contributed by atoms with Gasteiger partial charge >= 0.3 is 0 Å². The first-order valence-corrected chi connectivity index (χ1v) is 6.41. The summed E-state index contributed by atoms with van der Waals surface area (Å²) in [5.74, 6) is -0.519. The zero-order valence-electron chi connectivity index (χ0n) is 12.0. The minimum absolute atomic E-state index is 0.106. The number of hydrogen-bond donors (Lipinski definition) is 2. The van der Waals surface area contributed by atoms with Gasteiger partial charge in [-0.3, -0.25) is 9.58 Å². The Labute approximate surface area is 122 Å². The van der Waals surface area contributed by atoms with Crippen LogP contribution in [-0.2, 0) is 20.1 Å². The van der Waals surface area contributed by atoms with Crippen molar-refractivity contribution >= 4 is 5.84 Å². The number of halogens is 1. The van der Waals surface area contributed by atoms with Crippen LogP contribution >= 0.6 is 0 Å². The predicted octanol–water partition coefficient (Wildman–Crippen LogP) is 1.29. The molecule has 0 fully saturated rings. The molecule has 1 aromatic carbocycles. The van der Waals surface area contributed by atoms with E-state index in [4.69, 9.17) is 10.9 Å². The van der Waals surface area contributed by atoms with Gasteiger partial charge in [-0.15, -0.1) is 0 Å². The molecule has 1 heterocycles. The molecule has 21 heavy (non-hydrogen) atoms.